The molecule has 1 unspecified atom stereocenters. The Morgan fingerprint density at radius 1 is 1.60 bits per heavy atom. The van der Waals surface area contributed by atoms with Crippen molar-refractivity contribution in [2.75, 3.05) is 5.75 Å². The molecule has 0 bridgehead atoms. The molecule has 0 spiro atoms. The third-order valence-electron chi connectivity index (χ3n) is 3.35. The summed E-state index contributed by atoms with van der Waals surface area (Å²) >= 11 is 1.44. The largest absolute Gasteiger partial charge is 0.353 e. The molecule has 0 radical (unpaired) electrons. The molecule has 0 aromatic carbocycles. The Balaban J connectivity index is 1.95. The van der Waals surface area contributed by atoms with E-state index in [4.69, 9.17) is 0 Å². The van der Waals surface area contributed by atoms with Gasteiger partial charge in [0.15, 0.2) is 5.16 Å². The normalized spacial score (nSPS) is 15.9. The van der Waals surface area contributed by atoms with Crippen LogP contribution in [0, 0.1) is 0 Å². The van der Waals surface area contributed by atoms with Gasteiger partial charge in [-0.1, -0.05) is 24.8 Å². The van der Waals surface area contributed by atoms with Gasteiger partial charge in [0.05, 0.1) is 5.75 Å². The minimum absolute atomic E-state index is 0.0467. The van der Waals surface area contributed by atoms with Gasteiger partial charge in [0.2, 0.25) is 5.91 Å². The van der Waals surface area contributed by atoms with Crippen LogP contribution >= 0.6 is 11.8 Å². The fourth-order valence-electron chi connectivity index (χ4n) is 1.90. The molecule has 1 amide bonds. The highest BCUT2D eigenvalue weighted by Gasteiger charge is 2.30. The van der Waals surface area contributed by atoms with Crippen molar-refractivity contribution in [2.45, 2.75) is 56.8 Å². The maximum Gasteiger partial charge on any atom is 0.230 e. The zero-order valence-electron chi connectivity index (χ0n) is 12.1. The number of aromatic nitrogens is 3. The second kappa shape index (κ2) is 6.92. The number of carbonyl (C=O) groups excluding carboxylic acids is 1. The van der Waals surface area contributed by atoms with Crippen LogP contribution in [0.5, 0.6) is 0 Å². The SMILES string of the molecule is C=CCn1c(SCC(=O)NC(C)CC)nnc1C1CC1. The summed E-state index contributed by atoms with van der Waals surface area (Å²) in [5.41, 5.74) is 0. The van der Waals surface area contributed by atoms with Crippen LogP contribution in [0.1, 0.15) is 44.9 Å². The topological polar surface area (TPSA) is 59.8 Å². The number of amides is 1. The third kappa shape index (κ3) is 3.85. The van der Waals surface area contributed by atoms with Gasteiger partial charge in [-0.25, -0.2) is 0 Å². The van der Waals surface area contributed by atoms with Crippen LogP contribution in [0.4, 0.5) is 0 Å². The van der Waals surface area contributed by atoms with Crippen LogP contribution in [-0.4, -0.2) is 32.5 Å². The van der Waals surface area contributed by atoms with Crippen molar-refractivity contribution < 1.29 is 4.79 Å². The predicted octanol–water partition coefficient (Wildman–Crippen LogP) is 2.35. The molecule has 110 valence electrons. The molecule has 1 atom stereocenters. The lowest BCUT2D eigenvalue weighted by Gasteiger charge is -2.11. The van der Waals surface area contributed by atoms with Gasteiger partial charge in [-0.05, 0) is 26.2 Å². The van der Waals surface area contributed by atoms with Crippen LogP contribution in [0.25, 0.3) is 0 Å². The Morgan fingerprint density at radius 2 is 2.35 bits per heavy atom. The van der Waals surface area contributed by atoms with E-state index in [2.05, 4.69) is 33.6 Å². The Bertz CT molecular complexity index is 482. The van der Waals surface area contributed by atoms with E-state index in [0.717, 1.165) is 17.4 Å². The molecule has 1 fully saturated rings. The van der Waals surface area contributed by atoms with E-state index >= 15 is 0 Å². The van der Waals surface area contributed by atoms with Crippen LogP contribution in [-0.2, 0) is 11.3 Å². The zero-order valence-corrected chi connectivity index (χ0v) is 12.9. The Hall–Kier alpha value is -1.30. The molecule has 1 saturated carbocycles. The van der Waals surface area contributed by atoms with E-state index in [-0.39, 0.29) is 11.9 Å². The molecule has 1 N–H and O–H groups in total. The molecule has 1 aliphatic rings. The van der Waals surface area contributed by atoms with Gasteiger partial charge in [-0.3, -0.25) is 4.79 Å². The number of hydrogen-bond acceptors (Lipinski definition) is 4. The van der Waals surface area contributed by atoms with E-state index in [1.807, 2.05) is 13.0 Å². The number of nitrogens with one attached hydrogen (secondary N) is 1. The van der Waals surface area contributed by atoms with Gasteiger partial charge in [0.25, 0.3) is 0 Å². The third-order valence-corrected chi connectivity index (χ3v) is 4.32. The maximum atomic E-state index is 11.8. The fourth-order valence-corrected chi connectivity index (χ4v) is 2.67. The summed E-state index contributed by atoms with van der Waals surface area (Å²) in [7, 11) is 0. The first kappa shape index (κ1) is 15.1. The van der Waals surface area contributed by atoms with Gasteiger partial charge < -0.3 is 9.88 Å². The van der Waals surface area contributed by atoms with Crippen molar-refractivity contribution in [1.29, 1.82) is 0 Å². The second-order valence-electron chi connectivity index (χ2n) is 5.18. The lowest BCUT2D eigenvalue weighted by atomic mass is 10.3. The smallest absolute Gasteiger partial charge is 0.230 e. The van der Waals surface area contributed by atoms with Crippen molar-refractivity contribution >= 4 is 17.7 Å². The van der Waals surface area contributed by atoms with Crippen molar-refractivity contribution in [3.05, 3.63) is 18.5 Å². The molecule has 0 saturated heterocycles. The molecule has 6 heteroatoms. The molecule has 2 rings (SSSR count). The van der Waals surface area contributed by atoms with Gasteiger partial charge in [-0.15, -0.1) is 16.8 Å². The van der Waals surface area contributed by atoms with Gasteiger partial charge in [0.1, 0.15) is 5.82 Å². The second-order valence-corrected chi connectivity index (χ2v) is 6.12. The zero-order chi connectivity index (χ0) is 14.5. The number of rotatable bonds is 8. The summed E-state index contributed by atoms with van der Waals surface area (Å²) in [5, 5.41) is 12.2. The summed E-state index contributed by atoms with van der Waals surface area (Å²) in [6.07, 6.45) is 5.16. The molecule has 1 aromatic heterocycles. The minimum Gasteiger partial charge on any atom is -0.353 e. The highest BCUT2D eigenvalue weighted by Crippen LogP contribution is 2.39. The maximum absolute atomic E-state index is 11.8. The van der Waals surface area contributed by atoms with Crippen molar-refractivity contribution in [3.8, 4) is 0 Å². The lowest BCUT2D eigenvalue weighted by Crippen LogP contribution is -2.33. The van der Waals surface area contributed by atoms with E-state index in [1.54, 1.807) is 0 Å². The van der Waals surface area contributed by atoms with Crippen molar-refractivity contribution in [3.63, 3.8) is 0 Å². The number of allylic oxidation sites excluding steroid dienone is 1. The number of hydrogen-bond donors (Lipinski definition) is 1. The average Bonchev–Trinajstić information content (AvgIpc) is 3.20. The number of thioether (sulfide) groups is 1. The molecule has 5 nitrogen and oxygen atoms in total. The molecular weight excluding hydrogens is 272 g/mol. The Labute approximate surface area is 124 Å². The quantitative estimate of drug-likeness (QED) is 0.590. The highest BCUT2D eigenvalue weighted by atomic mass is 32.2. The van der Waals surface area contributed by atoms with Crippen molar-refractivity contribution in [2.24, 2.45) is 0 Å². The molecular formula is C14H22N4OS. The first-order chi connectivity index (χ1) is 9.65. The van der Waals surface area contributed by atoms with E-state index in [9.17, 15) is 4.79 Å². The average molecular weight is 294 g/mol. The van der Waals surface area contributed by atoms with Gasteiger partial charge >= 0.3 is 0 Å². The number of carbonyl (C=O) groups is 1. The Kier molecular flexibility index (Phi) is 5.23. The van der Waals surface area contributed by atoms with Crippen molar-refractivity contribution in [1.82, 2.24) is 20.1 Å². The standard InChI is InChI=1S/C14H22N4OS/c1-4-8-18-13(11-6-7-11)16-17-14(18)20-9-12(19)15-10(3)5-2/h4,10-11H,1,5-9H2,2-3H3,(H,15,19). The Morgan fingerprint density at radius 3 is 2.95 bits per heavy atom. The summed E-state index contributed by atoms with van der Waals surface area (Å²) in [6.45, 7) is 8.54. The monoisotopic (exact) mass is 294 g/mol. The van der Waals surface area contributed by atoms with E-state index in [0.29, 0.717) is 18.2 Å². The van der Waals surface area contributed by atoms with Crippen LogP contribution < -0.4 is 5.32 Å². The molecule has 1 aromatic rings. The van der Waals surface area contributed by atoms with Gasteiger partial charge in [-0.2, -0.15) is 0 Å². The van der Waals surface area contributed by atoms with Crippen LogP contribution in [0.15, 0.2) is 17.8 Å². The van der Waals surface area contributed by atoms with E-state index in [1.165, 1.54) is 24.6 Å². The molecule has 20 heavy (non-hydrogen) atoms. The highest BCUT2D eigenvalue weighted by molar-refractivity contribution is 7.99. The molecule has 0 aliphatic heterocycles. The first-order valence-electron chi connectivity index (χ1n) is 7.11. The molecule has 1 heterocycles. The lowest BCUT2D eigenvalue weighted by molar-refractivity contribution is -0.119. The minimum atomic E-state index is 0.0467. The summed E-state index contributed by atoms with van der Waals surface area (Å²) in [5.74, 6) is 2.01. The first-order valence-corrected chi connectivity index (χ1v) is 8.10. The summed E-state index contributed by atoms with van der Waals surface area (Å²) in [6, 6.07) is 0.219. The van der Waals surface area contributed by atoms with Crippen LogP contribution in [0.2, 0.25) is 0 Å². The number of nitrogens with zero attached hydrogens (tertiary/aromatic N) is 3. The predicted molar refractivity (Wildman–Crippen MR) is 80.8 cm³/mol. The summed E-state index contributed by atoms with van der Waals surface area (Å²) < 4.78 is 2.08. The van der Waals surface area contributed by atoms with Crippen LogP contribution in [0.3, 0.4) is 0 Å². The molecule has 1 aliphatic carbocycles. The fraction of sp³-hybridized carbons (Fsp3) is 0.643. The summed E-state index contributed by atoms with van der Waals surface area (Å²) in [4.78, 5) is 11.8. The van der Waals surface area contributed by atoms with E-state index < -0.39 is 0 Å². The van der Waals surface area contributed by atoms with Gasteiger partial charge in [0, 0.05) is 18.5 Å².